The predicted molar refractivity (Wildman–Crippen MR) is 55.2 cm³/mol. The smallest absolute Gasteiger partial charge is 0.381 e. The summed E-state index contributed by atoms with van der Waals surface area (Å²) in [6.45, 7) is 5.96. The van der Waals surface area contributed by atoms with E-state index in [4.69, 9.17) is 4.74 Å². The van der Waals surface area contributed by atoms with Crippen LogP contribution in [-0.2, 0) is 9.47 Å². The summed E-state index contributed by atoms with van der Waals surface area (Å²) in [7, 11) is 0. The topological polar surface area (TPSA) is 30.5 Å². The first kappa shape index (κ1) is 15.7. The maximum Gasteiger partial charge on any atom is 0.522 e. The molecule has 0 saturated carbocycles. The molecular weight excluding hydrogens is 223 g/mol. The van der Waals surface area contributed by atoms with E-state index in [1.54, 1.807) is 0 Å². The van der Waals surface area contributed by atoms with Gasteiger partial charge in [-0.1, -0.05) is 13.8 Å². The molecule has 0 aromatic heterocycles. The lowest BCUT2D eigenvalue weighted by Crippen LogP contribution is -2.25. The lowest BCUT2D eigenvalue weighted by Gasteiger charge is -2.09. The van der Waals surface area contributed by atoms with Crippen LogP contribution in [0.1, 0.15) is 20.3 Å². The molecule has 0 saturated heterocycles. The van der Waals surface area contributed by atoms with E-state index in [0.29, 0.717) is 19.1 Å². The maximum atomic E-state index is 11.5. The Balaban J connectivity index is 3.05. The Morgan fingerprint density at radius 3 is 2.38 bits per heavy atom. The molecule has 0 unspecified atom stereocenters. The molecule has 0 aliphatic rings. The summed E-state index contributed by atoms with van der Waals surface area (Å²) in [4.78, 5) is 0. The van der Waals surface area contributed by atoms with Crippen molar-refractivity contribution in [1.82, 2.24) is 5.32 Å². The molecule has 0 heterocycles. The number of ether oxygens (including phenoxy) is 2. The molecular formula is C10H20F3NO2. The molecule has 98 valence electrons. The quantitative estimate of drug-likeness (QED) is 0.630. The Labute approximate surface area is 94.3 Å². The zero-order valence-electron chi connectivity index (χ0n) is 9.77. The summed E-state index contributed by atoms with van der Waals surface area (Å²) in [6.07, 6.45) is -3.74. The van der Waals surface area contributed by atoms with Gasteiger partial charge in [0.1, 0.15) is 0 Å². The van der Waals surface area contributed by atoms with Crippen LogP contribution in [0.4, 0.5) is 13.2 Å². The fourth-order valence-corrected chi connectivity index (χ4v) is 0.982. The number of halogens is 3. The molecule has 0 radical (unpaired) electrons. The van der Waals surface area contributed by atoms with E-state index < -0.39 is 6.36 Å². The molecule has 0 amide bonds. The minimum absolute atomic E-state index is 0.198. The van der Waals surface area contributed by atoms with Crippen molar-refractivity contribution < 1.29 is 22.6 Å². The van der Waals surface area contributed by atoms with E-state index in [2.05, 4.69) is 23.9 Å². The molecule has 0 aliphatic carbocycles. The highest BCUT2D eigenvalue weighted by atomic mass is 19.4. The minimum atomic E-state index is -4.53. The standard InChI is InChI=1S/C10H20F3NO2/c1-9(2)8-15-6-3-4-14-5-7-16-10(11,12)13/h9,14H,3-8H2,1-2H3. The predicted octanol–water partition coefficient (Wildman–Crippen LogP) is 2.18. The van der Waals surface area contributed by atoms with Gasteiger partial charge in [-0.05, 0) is 18.9 Å². The SMILES string of the molecule is CC(C)COCCCNCCOC(F)(F)F. The van der Waals surface area contributed by atoms with Gasteiger partial charge < -0.3 is 10.1 Å². The third kappa shape index (κ3) is 13.7. The van der Waals surface area contributed by atoms with Crippen molar-refractivity contribution in [1.29, 1.82) is 0 Å². The van der Waals surface area contributed by atoms with Gasteiger partial charge in [0.25, 0.3) is 0 Å². The second kappa shape index (κ2) is 8.78. The van der Waals surface area contributed by atoms with E-state index >= 15 is 0 Å². The number of hydrogen-bond acceptors (Lipinski definition) is 3. The third-order valence-electron chi connectivity index (χ3n) is 1.64. The summed E-state index contributed by atoms with van der Waals surface area (Å²) in [5.41, 5.74) is 0. The van der Waals surface area contributed by atoms with Gasteiger partial charge in [0.15, 0.2) is 0 Å². The highest BCUT2D eigenvalue weighted by Crippen LogP contribution is 2.14. The summed E-state index contributed by atoms with van der Waals surface area (Å²) < 4.78 is 43.5. The molecule has 0 aromatic carbocycles. The zero-order chi connectivity index (χ0) is 12.4. The van der Waals surface area contributed by atoms with Gasteiger partial charge >= 0.3 is 6.36 Å². The van der Waals surface area contributed by atoms with Crippen molar-refractivity contribution in [3.8, 4) is 0 Å². The van der Waals surface area contributed by atoms with Crippen LogP contribution < -0.4 is 5.32 Å². The van der Waals surface area contributed by atoms with E-state index in [-0.39, 0.29) is 13.2 Å². The van der Waals surface area contributed by atoms with E-state index in [9.17, 15) is 13.2 Å². The van der Waals surface area contributed by atoms with Crippen molar-refractivity contribution in [2.45, 2.75) is 26.6 Å². The summed E-state index contributed by atoms with van der Waals surface area (Å²) >= 11 is 0. The van der Waals surface area contributed by atoms with Gasteiger partial charge in [0, 0.05) is 19.8 Å². The van der Waals surface area contributed by atoms with Gasteiger partial charge in [0.2, 0.25) is 0 Å². The monoisotopic (exact) mass is 243 g/mol. The fourth-order valence-electron chi connectivity index (χ4n) is 0.982. The lowest BCUT2D eigenvalue weighted by molar-refractivity contribution is -0.323. The van der Waals surface area contributed by atoms with Crippen molar-refractivity contribution in [3.05, 3.63) is 0 Å². The Morgan fingerprint density at radius 2 is 1.81 bits per heavy atom. The first-order valence-electron chi connectivity index (χ1n) is 5.41. The second-order valence-electron chi connectivity index (χ2n) is 3.87. The number of nitrogens with one attached hydrogen (secondary N) is 1. The zero-order valence-corrected chi connectivity index (χ0v) is 9.77. The van der Waals surface area contributed by atoms with Crippen molar-refractivity contribution in [2.24, 2.45) is 5.92 Å². The molecule has 0 fully saturated rings. The third-order valence-corrected chi connectivity index (χ3v) is 1.64. The normalized spacial score (nSPS) is 12.4. The van der Waals surface area contributed by atoms with Crippen LogP contribution >= 0.6 is 0 Å². The molecule has 0 spiro atoms. The van der Waals surface area contributed by atoms with E-state index in [1.807, 2.05) is 0 Å². The number of rotatable bonds is 9. The minimum Gasteiger partial charge on any atom is -0.381 e. The van der Waals surface area contributed by atoms with Crippen molar-refractivity contribution in [3.63, 3.8) is 0 Å². The van der Waals surface area contributed by atoms with E-state index in [0.717, 1.165) is 13.0 Å². The highest BCUT2D eigenvalue weighted by Gasteiger charge is 2.28. The van der Waals surface area contributed by atoms with Crippen LogP contribution in [0.3, 0.4) is 0 Å². The molecule has 0 aliphatic heterocycles. The first-order chi connectivity index (χ1) is 7.42. The average molecular weight is 243 g/mol. The molecule has 3 nitrogen and oxygen atoms in total. The Hall–Kier alpha value is -0.330. The molecule has 0 aromatic rings. The maximum absolute atomic E-state index is 11.5. The number of alkyl halides is 3. The Kier molecular flexibility index (Phi) is 8.60. The first-order valence-corrected chi connectivity index (χ1v) is 5.41. The average Bonchev–Trinajstić information content (AvgIpc) is 2.13. The summed E-state index contributed by atoms with van der Waals surface area (Å²) in [5, 5.41) is 2.84. The Bertz CT molecular complexity index is 163. The van der Waals surface area contributed by atoms with Crippen LogP contribution in [-0.4, -0.2) is 39.3 Å². The lowest BCUT2D eigenvalue weighted by atomic mass is 10.2. The van der Waals surface area contributed by atoms with Gasteiger partial charge in [-0.3, -0.25) is 4.74 Å². The van der Waals surface area contributed by atoms with E-state index in [1.165, 1.54) is 0 Å². The van der Waals surface area contributed by atoms with Gasteiger partial charge in [-0.15, -0.1) is 13.2 Å². The van der Waals surface area contributed by atoms with Crippen LogP contribution in [0.25, 0.3) is 0 Å². The summed E-state index contributed by atoms with van der Waals surface area (Å²) in [6, 6.07) is 0. The molecule has 6 heteroatoms. The second-order valence-corrected chi connectivity index (χ2v) is 3.87. The molecule has 0 bridgehead atoms. The van der Waals surface area contributed by atoms with Crippen LogP contribution in [0.2, 0.25) is 0 Å². The van der Waals surface area contributed by atoms with Crippen LogP contribution in [0.5, 0.6) is 0 Å². The van der Waals surface area contributed by atoms with Crippen molar-refractivity contribution >= 4 is 0 Å². The molecule has 0 atom stereocenters. The largest absolute Gasteiger partial charge is 0.522 e. The molecule has 0 rings (SSSR count). The van der Waals surface area contributed by atoms with Gasteiger partial charge in [0.05, 0.1) is 6.61 Å². The van der Waals surface area contributed by atoms with Gasteiger partial charge in [-0.25, -0.2) is 0 Å². The van der Waals surface area contributed by atoms with Crippen LogP contribution in [0, 0.1) is 5.92 Å². The molecule has 1 N–H and O–H groups in total. The van der Waals surface area contributed by atoms with Crippen molar-refractivity contribution in [2.75, 3.05) is 32.9 Å². The Morgan fingerprint density at radius 1 is 1.12 bits per heavy atom. The van der Waals surface area contributed by atoms with Gasteiger partial charge in [-0.2, -0.15) is 0 Å². The van der Waals surface area contributed by atoms with Crippen LogP contribution in [0.15, 0.2) is 0 Å². The summed E-state index contributed by atoms with van der Waals surface area (Å²) in [5.74, 6) is 0.508. The fraction of sp³-hybridized carbons (Fsp3) is 1.00. The molecule has 16 heavy (non-hydrogen) atoms. The highest BCUT2D eigenvalue weighted by molar-refractivity contribution is 4.47. The number of hydrogen-bond donors (Lipinski definition) is 1.